The SMILES string of the molecule is CCOC(=O)c1c(NC(=S)Nc2ccc(C)c(Cl)c2)sc2c1CCCCCC2. The first kappa shape index (κ1) is 21.1. The summed E-state index contributed by atoms with van der Waals surface area (Å²) in [5, 5.41) is 8.25. The number of esters is 1. The molecule has 28 heavy (non-hydrogen) atoms. The zero-order valence-electron chi connectivity index (χ0n) is 16.2. The number of benzene rings is 1. The average molecular weight is 437 g/mol. The first-order chi connectivity index (χ1) is 13.5. The number of halogens is 1. The Morgan fingerprint density at radius 2 is 1.96 bits per heavy atom. The summed E-state index contributed by atoms with van der Waals surface area (Å²) in [5.74, 6) is -0.274. The molecule has 1 aliphatic carbocycles. The smallest absolute Gasteiger partial charge is 0.341 e. The summed E-state index contributed by atoms with van der Waals surface area (Å²) >= 11 is 13.3. The van der Waals surface area contributed by atoms with Crippen LogP contribution in [0.1, 0.15) is 59.0 Å². The molecule has 7 heteroatoms. The Hall–Kier alpha value is -1.63. The van der Waals surface area contributed by atoms with Gasteiger partial charge >= 0.3 is 5.97 Å². The molecule has 0 saturated carbocycles. The van der Waals surface area contributed by atoms with E-state index in [1.54, 1.807) is 11.3 Å². The first-order valence-corrected chi connectivity index (χ1v) is 11.3. The Morgan fingerprint density at radius 3 is 2.68 bits per heavy atom. The molecule has 1 aromatic carbocycles. The number of anilines is 2. The number of aryl methyl sites for hydroxylation is 2. The molecule has 2 N–H and O–H groups in total. The molecule has 0 spiro atoms. The normalized spacial score (nSPS) is 13.8. The molecule has 1 aliphatic rings. The number of ether oxygens (including phenoxy) is 1. The summed E-state index contributed by atoms with van der Waals surface area (Å²) in [4.78, 5) is 14.0. The number of nitrogens with one attached hydrogen (secondary N) is 2. The first-order valence-electron chi connectivity index (χ1n) is 9.65. The van der Waals surface area contributed by atoms with Crippen molar-refractivity contribution >= 4 is 56.9 Å². The molecule has 0 aliphatic heterocycles. The number of carbonyl (C=O) groups excluding carboxylic acids is 1. The molecule has 4 nitrogen and oxygen atoms in total. The largest absolute Gasteiger partial charge is 0.462 e. The molecule has 3 rings (SSSR count). The van der Waals surface area contributed by atoms with Crippen LogP contribution in [-0.2, 0) is 17.6 Å². The van der Waals surface area contributed by atoms with Gasteiger partial charge in [-0.05, 0) is 75.0 Å². The van der Waals surface area contributed by atoms with Gasteiger partial charge in [0.2, 0.25) is 0 Å². The van der Waals surface area contributed by atoms with Crippen molar-refractivity contribution in [2.45, 2.75) is 52.4 Å². The predicted molar refractivity (Wildman–Crippen MR) is 122 cm³/mol. The molecular weight excluding hydrogens is 412 g/mol. The van der Waals surface area contributed by atoms with Crippen molar-refractivity contribution in [3.8, 4) is 0 Å². The van der Waals surface area contributed by atoms with E-state index in [1.807, 2.05) is 32.0 Å². The van der Waals surface area contributed by atoms with Crippen molar-refractivity contribution in [2.24, 2.45) is 0 Å². The molecule has 2 aromatic rings. The summed E-state index contributed by atoms with van der Waals surface area (Å²) in [7, 11) is 0. The third-order valence-corrected chi connectivity index (χ3v) is 6.63. The van der Waals surface area contributed by atoms with Gasteiger partial charge in [-0.3, -0.25) is 0 Å². The van der Waals surface area contributed by atoms with E-state index >= 15 is 0 Å². The Kier molecular flexibility index (Phi) is 7.32. The van der Waals surface area contributed by atoms with Crippen LogP contribution in [0.15, 0.2) is 18.2 Å². The maximum Gasteiger partial charge on any atom is 0.341 e. The van der Waals surface area contributed by atoms with Crippen molar-refractivity contribution in [1.82, 2.24) is 0 Å². The van der Waals surface area contributed by atoms with Gasteiger partial charge in [0.05, 0.1) is 12.2 Å². The summed E-state index contributed by atoms with van der Waals surface area (Å²) < 4.78 is 5.34. The quantitative estimate of drug-likeness (QED) is 0.431. The Balaban J connectivity index is 1.84. The minimum atomic E-state index is -0.274. The second-order valence-corrected chi connectivity index (χ2v) is 8.81. The van der Waals surface area contributed by atoms with E-state index in [4.69, 9.17) is 28.6 Å². The highest BCUT2D eigenvalue weighted by molar-refractivity contribution is 7.80. The maximum absolute atomic E-state index is 12.7. The lowest BCUT2D eigenvalue weighted by Crippen LogP contribution is -2.20. The number of hydrogen-bond donors (Lipinski definition) is 2. The van der Waals surface area contributed by atoms with Crippen molar-refractivity contribution < 1.29 is 9.53 Å². The number of fused-ring (bicyclic) bond motifs is 1. The second kappa shape index (κ2) is 9.72. The molecular formula is C21H25ClN2O2S2. The van der Waals surface area contributed by atoms with E-state index in [1.165, 1.54) is 17.7 Å². The topological polar surface area (TPSA) is 50.4 Å². The third-order valence-electron chi connectivity index (χ3n) is 4.81. The van der Waals surface area contributed by atoms with Crippen molar-refractivity contribution in [3.05, 3.63) is 44.8 Å². The molecule has 0 fully saturated rings. The van der Waals surface area contributed by atoms with E-state index < -0.39 is 0 Å². The molecule has 0 saturated heterocycles. The van der Waals surface area contributed by atoms with Crippen molar-refractivity contribution in [2.75, 3.05) is 17.2 Å². The fraction of sp³-hybridized carbons (Fsp3) is 0.429. The molecule has 0 atom stereocenters. The van der Waals surface area contributed by atoms with Gasteiger partial charge in [0.25, 0.3) is 0 Å². The zero-order valence-corrected chi connectivity index (χ0v) is 18.6. The number of thiocarbonyl (C=S) groups is 1. The lowest BCUT2D eigenvalue weighted by Gasteiger charge is -2.13. The fourth-order valence-corrected chi connectivity index (χ4v) is 5.11. The van der Waals surface area contributed by atoms with E-state index in [2.05, 4.69) is 10.6 Å². The van der Waals surface area contributed by atoms with Crippen LogP contribution in [0, 0.1) is 6.92 Å². The van der Waals surface area contributed by atoms with Gasteiger partial charge in [-0.1, -0.05) is 30.5 Å². The highest BCUT2D eigenvalue weighted by atomic mass is 35.5. The van der Waals surface area contributed by atoms with Gasteiger partial charge in [-0.15, -0.1) is 11.3 Å². The lowest BCUT2D eigenvalue weighted by molar-refractivity contribution is 0.0526. The molecule has 150 valence electrons. The van der Waals surface area contributed by atoms with Gasteiger partial charge < -0.3 is 15.4 Å². The van der Waals surface area contributed by atoms with E-state index in [0.29, 0.717) is 22.3 Å². The van der Waals surface area contributed by atoms with Crippen LogP contribution in [0.2, 0.25) is 5.02 Å². The zero-order chi connectivity index (χ0) is 20.1. The lowest BCUT2D eigenvalue weighted by atomic mass is 9.96. The standard InChI is InChI=1S/C21H25ClN2O2S2/c1-3-26-20(25)18-15-8-6-4-5-7-9-17(15)28-19(18)24-21(27)23-14-11-10-13(2)16(22)12-14/h10-12H,3-9H2,1-2H3,(H2,23,24,27). The fourth-order valence-electron chi connectivity index (χ4n) is 3.36. The minimum Gasteiger partial charge on any atom is -0.462 e. The summed E-state index contributed by atoms with van der Waals surface area (Å²) in [6.45, 7) is 4.14. The summed E-state index contributed by atoms with van der Waals surface area (Å²) in [6.07, 6.45) is 6.61. The highest BCUT2D eigenvalue weighted by Crippen LogP contribution is 2.37. The van der Waals surface area contributed by atoms with Gasteiger partial charge in [0.15, 0.2) is 5.11 Å². The second-order valence-electron chi connectivity index (χ2n) is 6.89. The molecule has 0 amide bonds. The van der Waals surface area contributed by atoms with Gasteiger partial charge in [-0.2, -0.15) is 0 Å². The number of thiophene rings is 1. The monoisotopic (exact) mass is 436 g/mol. The Bertz CT molecular complexity index is 880. The molecule has 0 bridgehead atoms. The van der Waals surface area contributed by atoms with Crippen molar-refractivity contribution in [3.63, 3.8) is 0 Å². The van der Waals surface area contributed by atoms with Crippen LogP contribution in [0.5, 0.6) is 0 Å². The van der Waals surface area contributed by atoms with E-state index in [-0.39, 0.29) is 5.97 Å². The van der Waals surface area contributed by atoms with Crippen LogP contribution < -0.4 is 10.6 Å². The molecule has 0 radical (unpaired) electrons. The van der Waals surface area contributed by atoms with E-state index in [9.17, 15) is 4.79 Å². The van der Waals surface area contributed by atoms with Gasteiger partial charge in [0, 0.05) is 15.6 Å². The molecule has 1 aromatic heterocycles. The maximum atomic E-state index is 12.7. The van der Waals surface area contributed by atoms with Crippen LogP contribution >= 0.6 is 35.2 Å². The van der Waals surface area contributed by atoms with Crippen LogP contribution in [0.3, 0.4) is 0 Å². The van der Waals surface area contributed by atoms with Crippen LogP contribution in [-0.4, -0.2) is 17.7 Å². The van der Waals surface area contributed by atoms with Gasteiger partial charge in [0.1, 0.15) is 5.00 Å². The van der Waals surface area contributed by atoms with Crippen LogP contribution in [0.4, 0.5) is 10.7 Å². The third kappa shape index (κ3) is 5.04. The van der Waals surface area contributed by atoms with Crippen molar-refractivity contribution in [1.29, 1.82) is 0 Å². The highest BCUT2D eigenvalue weighted by Gasteiger charge is 2.25. The summed E-state index contributed by atoms with van der Waals surface area (Å²) in [5.41, 5.74) is 3.59. The Labute approximate surface area is 180 Å². The number of hydrogen-bond acceptors (Lipinski definition) is 4. The minimum absolute atomic E-state index is 0.274. The predicted octanol–water partition coefficient (Wildman–Crippen LogP) is 6.35. The van der Waals surface area contributed by atoms with E-state index in [0.717, 1.165) is 47.5 Å². The van der Waals surface area contributed by atoms with Gasteiger partial charge in [-0.25, -0.2) is 4.79 Å². The number of rotatable bonds is 4. The molecule has 1 heterocycles. The Morgan fingerprint density at radius 1 is 1.21 bits per heavy atom. The summed E-state index contributed by atoms with van der Waals surface area (Å²) in [6, 6.07) is 5.70. The average Bonchev–Trinajstić information content (AvgIpc) is 2.94. The molecule has 0 unspecified atom stereocenters. The number of carbonyl (C=O) groups is 1. The van der Waals surface area contributed by atoms with Crippen LogP contribution in [0.25, 0.3) is 0 Å².